The summed E-state index contributed by atoms with van der Waals surface area (Å²) in [6.45, 7) is 4.35. The SMILES string of the molecule is O=CON(c1ccc(Nc2cc(-c3ccc4c(ccn4CCN4CCCC4)c3)ncn2)cc1)S(=O)(=O)c1ccc(F)c(Cl)c1. The molecule has 1 aliphatic heterocycles. The van der Waals surface area contributed by atoms with E-state index in [1.165, 1.54) is 49.9 Å². The van der Waals surface area contributed by atoms with Gasteiger partial charge in [0.15, 0.2) is 0 Å². The van der Waals surface area contributed by atoms with Crippen molar-refractivity contribution in [1.29, 1.82) is 0 Å². The van der Waals surface area contributed by atoms with Gasteiger partial charge in [-0.1, -0.05) is 22.1 Å². The number of rotatable bonds is 11. The fourth-order valence-corrected chi connectivity index (χ4v) is 6.73. The first kappa shape index (κ1) is 29.5. The Morgan fingerprint density at radius 2 is 1.77 bits per heavy atom. The Morgan fingerprint density at radius 1 is 0.977 bits per heavy atom. The molecule has 0 saturated carbocycles. The number of carbonyl (C=O) groups is 1. The summed E-state index contributed by atoms with van der Waals surface area (Å²) in [6.07, 6.45) is 6.16. The van der Waals surface area contributed by atoms with E-state index in [2.05, 4.69) is 49.1 Å². The molecular formula is C31H28ClFN6O4S. The lowest BCUT2D eigenvalue weighted by Gasteiger charge is -2.21. The molecule has 1 N–H and O–H groups in total. The molecule has 44 heavy (non-hydrogen) atoms. The molecule has 0 aliphatic carbocycles. The smallest absolute Gasteiger partial charge is 0.322 e. The number of nitrogens with one attached hydrogen (secondary N) is 1. The molecule has 1 fully saturated rings. The molecule has 3 aromatic carbocycles. The summed E-state index contributed by atoms with van der Waals surface area (Å²) < 4.78 is 42.6. The van der Waals surface area contributed by atoms with Gasteiger partial charge in [0.1, 0.15) is 18.0 Å². The van der Waals surface area contributed by atoms with Crippen molar-refractivity contribution in [3.63, 3.8) is 0 Å². The monoisotopic (exact) mass is 634 g/mol. The molecule has 0 atom stereocenters. The number of fused-ring (bicyclic) bond motifs is 1. The van der Waals surface area contributed by atoms with Crippen LogP contribution in [0.25, 0.3) is 22.2 Å². The van der Waals surface area contributed by atoms with Gasteiger partial charge in [-0.15, -0.1) is 0 Å². The maximum atomic E-state index is 13.6. The van der Waals surface area contributed by atoms with Crippen LogP contribution in [0.2, 0.25) is 5.02 Å². The van der Waals surface area contributed by atoms with Gasteiger partial charge in [0.25, 0.3) is 10.0 Å². The van der Waals surface area contributed by atoms with Crippen molar-refractivity contribution >= 4 is 56.2 Å². The average Bonchev–Trinajstić information content (AvgIpc) is 3.70. The van der Waals surface area contributed by atoms with Crippen molar-refractivity contribution in [2.75, 3.05) is 29.4 Å². The Balaban J connectivity index is 1.17. The Hall–Kier alpha value is -4.52. The average molecular weight is 635 g/mol. The summed E-state index contributed by atoms with van der Waals surface area (Å²) in [6, 6.07) is 19.2. The molecule has 0 radical (unpaired) electrons. The van der Waals surface area contributed by atoms with Crippen molar-refractivity contribution in [3.8, 4) is 11.3 Å². The predicted molar refractivity (Wildman–Crippen MR) is 167 cm³/mol. The molecule has 0 bridgehead atoms. The molecule has 10 nitrogen and oxygen atoms in total. The largest absolute Gasteiger partial charge is 0.346 e. The number of nitrogens with zero attached hydrogens (tertiary/aromatic N) is 5. The van der Waals surface area contributed by atoms with Gasteiger partial charge in [0.2, 0.25) is 0 Å². The van der Waals surface area contributed by atoms with Crippen LogP contribution < -0.4 is 9.79 Å². The number of carbonyl (C=O) groups excluding carboxylic acids is 1. The summed E-state index contributed by atoms with van der Waals surface area (Å²) >= 11 is 5.76. The number of anilines is 3. The Morgan fingerprint density at radius 3 is 2.52 bits per heavy atom. The van der Waals surface area contributed by atoms with Gasteiger partial charge in [-0.05, 0) is 86.6 Å². The summed E-state index contributed by atoms with van der Waals surface area (Å²) in [4.78, 5) is 26.9. The summed E-state index contributed by atoms with van der Waals surface area (Å²) in [7, 11) is -4.40. The minimum absolute atomic E-state index is 0.0157. The second-order valence-corrected chi connectivity index (χ2v) is 12.5. The normalized spacial score (nSPS) is 13.7. The summed E-state index contributed by atoms with van der Waals surface area (Å²) in [5.74, 6) is -0.250. The van der Waals surface area contributed by atoms with Crippen LogP contribution in [0.15, 0.2) is 90.2 Å². The highest BCUT2D eigenvalue weighted by molar-refractivity contribution is 7.92. The highest BCUT2D eigenvalue weighted by atomic mass is 35.5. The molecule has 2 aromatic heterocycles. The maximum Gasteiger partial charge on any atom is 0.322 e. The molecule has 0 spiro atoms. The van der Waals surface area contributed by atoms with Crippen molar-refractivity contribution in [2.45, 2.75) is 24.3 Å². The molecular weight excluding hydrogens is 607 g/mol. The first-order chi connectivity index (χ1) is 21.3. The third-order valence-corrected chi connectivity index (χ3v) is 9.36. The Kier molecular flexibility index (Phi) is 8.47. The molecule has 13 heteroatoms. The second kappa shape index (κ2) is 12.6. The molecule has 6 rings (SSSR count). The first-order valence-electron chi connectivity index (χ1n) is 13.9. The lowest BCUT2D eigenvalue weighted by molar-refractivity contribution is -0.128. The van der Waals surface area contributed by atoms with E-state index < -0.39 is 15.8 Å². The van der Waals surface area contributed by atoms with Crippen LogP contribution in [0.3, 0.4) is 0 Å². The van der Waals surface area contributed by atoms with Gasteiger partial charge < -0.3 is 19.6 Å². The molecule has 5 aromatic rings. The van der Waals surface area contributed by atoms with Gasteiger partial charge in [0.05, 0.1) is 21.3 Å². The minimum atomic E-state index is -4.40. The van der Waals surface area contributed by atoms with Crippen LogP contribution in [0.5, 0.6) is 0 Å². The Bertz CT molecular complexity index is 1910. The molecule has 0 amide bonds. The fraction of sp³-hybridized carbons (Fsp3) is 0.194. The molecule has 226 valence electrons. The van der Waals surface area contributed by atoms with Crippen molar-refractivity contribution in [1.82, 2.24) is 19.4 Å². The van der Waals surface area contributed by atoms with E-state index in [0.717, 1.165) is 47.9 Å². The van der Waals surface area contributed by atoms with Crippen molar-refractivity contribution in [2.24, 2.45) is 0 Å². The van der Waals surface area contributed by atoms with Gasteiger partial charge in [-0.2, -0.15) is 8.42 Å². The van der Waals surface area contributed by atoms with E-state index in [4.69, 9.17) is 16.4 Å². The maximum absolute atomic E-state index is 13.6. The van der Waals surface area contributed by atoms with Crippen molar-refractivity contribution in [3.05, 3.63) is 96.2 Å². The predicted octanol–water partition coefficient (Wildman–Crippen LogP) is 6.01. The molecule has 1 aliphatic rings. The van der Waals surface area contributed by atoms with Crippen molar-refractivity contribution < 1.29 is 22.4 Å². The standard InChI is InChI=1S/C31H28ClFN6O4S/c32-27-18-26(8-9-28(27)33)44(41,42)39(43-21-40)25-6-4-24(5-7-25)36-31-19-29(34-20-35-31)22-3-10-30-23(17-22)11-14-38(30)16-15-37-12-1-2-13-37/h3-11,14,17-21H,1-2,12-13,15-16H2,(H,34,35,36). The van der Waals surface area contributed by atoms with E-state index in [1.807, 2.05) is 12.1 Å². The van der Waals surface area contributed by atoms with E-state index in [9.17, 15) is 17.6 Å². The zero-order valence-electron chi connectivity index (χ0n) is 23.4. The zero-order chi connectivity index (χ0) is 30.7. The highest BCUT2D eigenvalue weighted by Crippen LogP contribution is 2.29. The lowest BCUT2D eigenvalue weighted by atomic mass is 10.1. The van der Waals surface area contributed by atoms with Crippen LogP contribution >= 0.6 is 11.6 Å². The zero-order valence-corrected chi connectivity index (χ0v) is 25.0. The Labute approximate surface area is 258 Å². The minimum Gasteiger partial charge on any atom is -0.346 e. The first-order valence-corrected chi connectivity index (χ1v) is 15.8. The van der Waals surface area contributed by atoms with E-state index in [1.54, 1.807) is 12.1 Å². The molecule has 3 heterocycles. The number of benzene rings is 3. The summed E-state index contributed by atoms with van der Waals surface area (Å²) in [5.41, 5.74) is 3.49. The number of likely N-dealkylation sites (tertiary alicyclic amines) is 1. The van der Waals surface area contributed by atoms with Gasteiger partial charge in [-0.3, -0.25) is 4.79 Å². The van der Waals surface area contributed by atoms with Gasteiger partial charge in [-0.25, -0.2) is 14.4 Å². The van der Waals surface area contributed by atoms with Gasteiger partial charge in [0, 0.05) is 47.5 Å². The van der Waals surface area contributed by atoms with Crippen LogP contribution in [-0.4, -0.2) is 54.0 Å². The fourth-order valence-electron chi connectivity index (χ4n) is 5.24. The number of aromatic nitrogens is 3. The topological polar surface area (TPSA) is 110 Å². The molecule has 1 saturated heterocycles. The van der Waals surface area contributed by atoms with Crippen LogP contribution in [0.1, 0.15) is 12.8 Å². The summed E-state index contributed by atoms with van der Waals surface area (Å²) in [5, 5.41) is 3.93. The van der Waals surface area contributed by atoms with E-state index >= 15 is 0 Å². The molecule has 0 unspecified atom stereocenters. The second-order valence-electron chi connectivity index (χ2n) is 10.3. The lowest BCUT2D eigenvalue weighted by Crippen LogP contribution is -2.30. The third kappa shape index (κ3) is 6.23. The highest BCUT2D eigenvalue weighted by Gasteiger charge is 2.28. The van der Waals surface area contributed by atoms with Crippen LogP contribution in [0, 0.1) is 5.82 Å². The number of hydrogen-bond donors (Lipinski definition) is 1. The van der Waals surface area contributed by atoms with Gasteiger partial charge >= 0.3 is 6.47 Å². The van der Waals surface area contributed by atoms with Crippen LogP contribution in [0.4, 0.5) is 21.6 Å². The number of halogens is 2. The van der Waals surface area contributed by atoms with E-state index in [-0.39, 0.29) is 22.1 Å². The number of sulfonamides is 1. The quantitative estimate of drug-likeness (QED) is 0.139. The third-order valence-electron chi connectivity index (χ3n) is 7.49. The van der Waals surface area contributed by atoms with E-state index in [0.29, 0.717) is 16.0 Å². The van der Waals surface area contributed by atoms with Crippen LogP contribution in [-0.2, 0) is 26.2 Å². The number of hydrogen-bond acceptors (Lipinski definition) is 8.